The molecule has 0 bridgehead atoms. The highest BCUT2D eigenvalue weighted by Gasteiger charge is 2.17. The first-order valence-electron chi connectivity index (χ1n) is 7.14. The summed E-state index contributed by atoms with van der Waals surface area (Å²) in [5, 5.41) is 3.60. The molecule has 4 heteroatoms. The molecule has 0 aliphatic rings. The van der Waals surface area contributed by atoms with E-state index in [1.165, 1.54) is 5.56 Å². The third kappa shape index (κ3) is 3.93. The molecular formula is C16H21BrN2O. The molecule has 0 fully saturated rings. The van der Waals surface area contributed by atoms with Crippen LogP contribution in [0.25, 0.3) is 0 Å². The third-order valence-electron chi connectivity index (χ3n) is 3.32. The summed E-state index contributed by atoms with van der Waals surface area (Å²) < 4.78 is 6.57. The van der Waals surface area contributed by atoms with E-state index >= 15 is 0 Å². The quantitative estimate of drug-likeness (QED) is 0.819. The van der Waals surface area contributed by atoms with E-state index in [9.17, 15) is 0 Å². The Morgan fingerprint density at radius 1 is 1.30 bits per heavy atom. The summed E-state index contributed by atoms with van der Waals surface area (Å²) in [7, 11) is 0. The van der Waals surface area contributed by atoms with E-state index in [0.717, 1.165) is 41.7 Å². The van der Waals surface area contributed by atoms with Crippen LogP contribution in [-0.4, -0.2) is 11.5 Å². The number of hydrogen-bond donors (Lipinski definition) is 1. The number of pyridine rings is 1. The van der Waals surface area contributed by atoms with E-state index in [-0.39, 0.29) is 6.04 Å². The van der Waals surface area contributed by atoms with Gasteiger partial charge in [0.1, 0.15) is 5.76 Å². The second-order valence-electron chi connectivity index (χ2n) is 4.83. The molecule has 0 aromatic carbocycles. The highest BCUT2D eigenvalue weighted by atomic mass is 79.9. The Hall–Kier alpha value is -1.13. The normalized spacial score (nSPS) is 12.6. The number of nitrogens with zero attached hydrogens (tertiary/aromatic N) is 1. The van der Waals surface area contributed by atoms with Gasteiger partial charge in [-0.15, -0.1) is 0 Å². The van der Waals surface area contributed by atoms with Crippen molar-refractivity contribution in [3.05, 3.63) is 52.1 Å². The molecule has 2 heterocycles. The van der Waals surface area contributed by atoms with Crippen LogP contribution >= 0.6 is 15.9 Å². The van der Waals surface area contributed by atoms with Crippen LogP contribution in [0.5, 0.6) is 0 Å². The van der Waals surface area contributed by atoms with E-state index < -0.39 is 0 Å². The molecule has 0 spiro atoms. The van der Waals surface area contributed by atoms with Crippen molar-refractivity contribution in [1.82, 2.24) is 10.3 Å². The van der Waals surface area contributed by atoms with Crippen molar-refractivity contribution in [3.63, 3.8) is 0 Å². The molecule has 0 aliphatic heterocycles. The lowest BCUT2D eigenvalue weighted by Crippen LogP contribution is -2.24. The lowest BCUT2D eigenvalue weighted by molar-refractivity contribution is 0.480. The highest BCUT2D eigenvalue weighted by Crippen LogP contribution is 2.23. The van der Waals surface area contributed by atoms with Crippen molar-refractivity contribution in [2.24, 2.45) is 0 Å². The summed E-state index contributed by atoms with van der Waals surface area (Å²) in [4.78, 5) is 4.47. The Bertz CT molecular complexity index is 522. The van der Waals surface area contributed by atoms with Gasteiger partial charge < -0.3 is 9.73 Å². The number of halogens is 1. The molecule has 1 atom stereocenters. The zero-order valence-electron chi connectivity index (χ0n) is 12.0. The van der Waals surface area contributed by atoms with Crippen LogP contribution in [0.4, 0.5) is 0 Å². The predicted molar refractivity (Wildman–Crippen MR) is 84.8 cm³/mol. The van der Waals surface area contributed by atoms with E-state index in [1.807, 2.05) is 12.3 Å². The van der Waals surface area contributed by atoms with Gasteiger partial charge in [0, 0.05) is 40.8 Å². The Morgan fingerprint density at radius 3 is 2.80 bits per heavy atom. The Balaban J connectivity index is 2.17. The third-order valence-corrected chi connectivity index (χ3v) is 3.79. The molecule has 0 saturated heterocycles. The molecule has 20 heavy (non-hydrogen) atoms. The van der Waals surface area contributed by atoms with Crippen LogP contribution in [0, 0.1) is 0 Å². The van der Waals surface area contributed by atoms with Gasteiger partial charge in [0.05, 0.1) is 6.26 Å². The number of aryl methyl sites for hydroxylation is 1. The molecule has 2 aromatic rings. The SMILES string of the molecule is CCCNC(Cc1ccc(Br)cn1)c1ccoc1CC. The summed E-state index contributed by atoms with van der Waals surface area (Å²) >= 11 is 3.42. The smallest absolute Gasteiger partial charge is 0.108 e. The van der Waals surface area contributed by atoms with Crippen molar-refractivity contribution in [2.75, 3.05) is 6.54 Å². The summed E-state index contributed by atoms with van der Waals surface area (Å²) in [6.07, 6.45) is 6.54. The maximum atomic E-state index is 5.56. The van der Waals surface area contributed by atoms with Crippen LogP contribution in [0.1, 0.15) is 43.3 Å². The first-order valence-corrected chi connectivity index (χ1v) is 7.94. The van der Waals surface area contributed by atoms with E-state index in [2.05, 4.69) is 52.2 Å². The second-order valence-corrected chi connectivity index (χ2v) is 5.75. The van der Waals surface area contributed by atoms with Crippen molar-refractivity contribution < 1.29 is 4.42 Å². The van der Waals surface area contributed by atoms with Crippen LogP contribution in [0.3, 0.4) is 0 Å². The standard InChI is InChI=1S/C16H21BrN2O/c1-3-8-18-15(14-7-9-20-16(14)4-2)10-13-6-5-12(17)11-19-13/h5-7,9,11,15,18H,3-4,8,10H2,1-2H3. The van der Waals surface area contributed by atoms with Gasteiger partial charge in [0.25, 0.3) is 0 Å². The van der Waals surface area contributed by atoms with Gasteiger partial charge in [-0.2, -0.15) is 0 Å². The number of nitrogens with one attached hydrogen (secondary N) is 1. The van der Waals surface area contributed by atoms with Crippen LogP contribution in [0.15, 0.2) is 39.5 Å². The molecule has 1 N–H and O–H groups in total. The van der Waals surface area contributed by atoms with Gasteiger partial charge in [0.15, 0.2) is 0 Å². The Kier molecular flexibility index (Phi) is 5.80. The monoisotopic (exact) mass is 336 g/mol. The lowest BCUT2D eigenvalue weighted by Gasteiger charge is -2.18. The van der Waals surface area contributed by atoms with E-state index in [4.69, 9.17) is 4.42 Å². The van der Waals surface area contributed by atoms with Crippen LogP contribution in [0.2, 0.25) is 0 Å². The molecule has 108 valence electrons. The van der Waals surface area contributed by atoms with Crippen molar-refractivity contribution >= 4 is 15.9 Å². The molecule has 0 amide bonds. The average Bonchev–Trinajstić information content (AvgIpc) is 2.94. The maximum absolute atomic E-state index is 5.56. The minimum absolute atomic E-state index is 0.261. The Morgan fingerprint density at radius 2 is 2.15 bits per heavy atom. The van der Waals surface area contributed by atoms with Gasteiger partial charge in [-0.05, 0) is 47.1 Å². The molecular weight excluding hydrogens is 316 g/mol. The molecule has 2 aromatic heterocycles. The van der Waals surface area contributed by atoms with Gasteiger partial charge >= 0.3 is 0 Å². The molecule has 2 rings (SSSR count). The van der Waals surface area contributed by atoms with Crippen molar-refractivity contribution in [1.29, 1.82) is 0 Å². The van der Waals surface area contributed by atoms with Crippen LogP contribution < -0.4 is 5.32 Å². The summed E-state index contributed by atoms with van der Waals surface area (Å²) in [6, 6.07) is 6.44. The van der Waals surface area contributed by atoms with Crippen molar-refractivity contribution in [2.45, 2.75) is 39.2 Å². The number of rotatable bonds is 7. The maximum Gasteiger partial charge on any atom is 0.108 e. The number of aromatic nitrogens is 1. The topological polar surface area (TPSA) is 38.1 Å². The molecule has 3 nitrogen and oxygen atoms in total. The van der Waals surface area contributed by atoms with Crippen molar-refractivity contribution in [3.8, 4) is 0 Å². The van der Waals surface area contributed by atoms with E-state index in [1.54, 1.807) is 6.26 Å². The highest BCUT2D eigenvalue weighted by molar-refractivity contribution is 9.10. The van der Waals surface area contributed by atoms with Gasteiger partial charge in [-0.1, -0.05) is 13.8 Å². The molecule has 1 unspecified atom stereocenters. The lowest BCUT2D eigenvalue weighted by atomic mass is 10.0. The summed E-state index contributed by atoms with van der Waals surface area (Å²) in [6.45, 7) is 5.30. The van der Waals surface area contributed by atoms with E-state index in [0.29, 0.717) is 0 Å². The van der Waals surface area contributed by atoms with Crippen LogP contribution in [-0.2, 0) is 12.8 Å². The van der Waals surface area contributed by atoms with Gasteiger partial charge in [-0.25, -0.2) is 0 Å². The largest absolute Gasteiger partial charge is 0.469 e. The van der Waals surface area contributed by atoms with Gasteiger partial charge in [-0.3, -0.25) is 4.98 Å². The predicted octanol–water partition coefficient (Wildman–Crippen LogP) is 4.28. The molecule has 0 radical (unpaired) electrons. The number of furan rings is 1. The first-order chi connectivity index (χ1) is 9.74. The summed E-state index contributed by atoms with van der Waals surface area (Å²) in [5.74, 6) is 1.07. The summed E-state index contributed by atoms with van der Waals surface area (Å²) in [5.41, 5.74) is 2.34. The zero-order chi connectivity index (χ0) is 14.4. The molecule has 0 saturated carbocycles. The number of hydrogen-bond acceptors (Lipinski definition) is 3. The first kappa shape index (κ1) is 15.3. The fourth-order valence-electron chi connectivity index (χ4n) is 2.30. The average molecular weight is 337 g/mol. The fourth-order valence-corrected chi connectivity index (χ4v) is 2.53. The zero-order valence-corrected chi connectivity index (χ0v) is 13.6. The minimum Gasteiger partial charge on any atom is -0.469 e. The fraction of sp³-hybridized carbons (Fsp3) is 0.438. The Labute approximate surface area is 128 Å². The minimum atomic E-state index is 0.261. The van der Waals surface area contributed by atoms with Gasteiger partial charge in [0.2, 0.25) is 0 Å². The second kappa shape index (κ2) is 7.60. The molecule has 0 aliphatic carbocycles.